The van der Waals surface area contributed by atoms with E-state index < -0.39 is 17.6 Å². The van der Waals surface area contributed by atoms with Gasteiger partial charge in [-0.15, -0.1) is 0 Å². The van der Waals surface area contributed by atoms with E-state index in [9.17, 15) is 14.7 Å². The first kappa shape index (κ1) is 17.0. The summed E-state index contributed by atoms with van der Waals surface area (Å²) in [4.78, 5) is 24.7. The molecule has 0 unspecified atom stereocenters. The Morgan fingerprint density at radius 2 is 2.05 bits per heavy atom. The van der Waals surface area contributed by atoms with Gasteiger partial charge in [-0.2, -0.15) is 0 Å². The number of esters is 1. The molecular weight excluding hydrogens is 284 g/mol. The van der Waals surface area contributed by atoms with Gasteiger partial charge in [-0.25, -0.2) is 0 Å². The number of fused-ring (bicyclic) bond motifs is 1. The Labute approximate surface area is 131 Å². The third-order valence-corrected chi connectivity index (χ3v) is 5.45. The fourth-order valence-corrected chi connectivity index (χ4v) is 4.23. The van der Waals surface area contributed by atoms with E-state index >= 15 is 0 Å². The van der Waals surface area contributed by atoms with Crippen molar-refractivity contribution in [2.24, 2.45) is 17.3 Å². The van der Waals surface area contributed by atoms with Gasteiger partial charge < -0.3 is 14.6 Å². The molecule has 0 amide bonds. The largest absolute Gasteiger partial charge is 0.498 e. The molecule has 0 bridgehead atoms. The van der Waals surface area contributed by atoms with E-state index in [4.69, 9.17) is 9.47 Å². The van der Waals surface area contributed by atoms with Crippen LogP contribution in [0.3, 0.4) is 0 Å². The zero-order valence-electron chi connectivity index (χ0n) is 14.0. The van der Waals surface area contributed by atoms with E-state index in [0.717, 1.165) is 6.42 Å². The number of ether oxygens (including phenoxy) is 2. The van der Waals surface area contributed by atoms with Crippen LogP contribution in [0.5, 0.6) is 0 Å². The van der Waals surface area contributed by atoms with E-state index in [-0.39, 0.29) is 30.0 Å². The number of rotatable bonds is 3. The summed E-state index contributed by atoms with van der Waals surface area (Å²) in [6, 6.07) is 0. The Kier molecular flexibility index (Phi) is 4.66. The minimum absolute atomic E-state index is 0.0832. The predicted octanol–water partition coefficient (Wildman–Crippen LogP) is 2.22. The number of carbonyl (C=O) groups is 2. The maximum Gasteiger partial charge on any atom is 0.305 e. The summed E-state index contributed by atoms with van der Waals surface area (Å²) in [6.45, 7) is 7.26. The Hall–Kier alpha value is -1.36. The summed E-state index contributed by atoms with van der Waals surface area (Å²) in [6.07, 6.45) is 0.403. The van der Waals surface area contributed by atoms with Crippen molar-refractivity contribution in [3.8, 4) is 0 Å². The lowest BCUT2D eigenvalue weighted by molar-refractivity contribution is -0.178. The Morgan fingerprint density at radius 3 is 2.59 bits per heavy atom. The van der Waals surface area contributed by atoms with Crippen molar-refractivity contribution in [2.45, 2.75) is 59.2 Å². The lowest BCUT2D eigenvalue weighted by atomic mass is 9.54. The molecule has 0 aliphatic heterocycles. The van der Waals surface area contributed by atoms with Crippen LogP contribution < -0.4 is 0 Å². The highest BCUT2D eigenvalue weighted by Crippen LogP contribution is 2.53. The number of hydrogen-bond donors (Lipinski definition) is 1. The first-order chi connectivity index (χ1) is 10.3. The van der Waals surface area contributed by atoms with Crippen LogP contribution in [0.25, 0.3) is 0 Å². The molecule has 5 atom stereocenters. The molecule has 0 aromatic heterocycles. The molecule has 5 heteroatoms. The van der Waals surface area contributed by atoms with Crippen molar-refractivity contribution >= 4 is 11.8 Å². The van der Waals surface area contributed by atoms with Gasteiger partial charge >= 0.3 is 5.97 Å². The van der Waals surface area contributed by atoms with Crippen molar-refractivity contribution in [3.63, 3.8) is 0 Å². The molecule has 0 spiro atoms. The lowest BCUT2D eigenvalue weighted by Gasteiger charge is -2.52. The highest BCUT2D eigenvalue weighted by atomic mass is 16.5. The summed E-state index contributed by atoms with van der Waals surface area (Å²) in [5, 5.41) is 10.7. The lowest BCUT2D eigenvalue weighted by Crippen LogP contribution is -2.59. The summed E-state index contributed by atoms with van der Waals surface area (Å²) in [5.41, 5.74) is -0.464. The number of ketones is 1. The van der Waals surface area contributed by atoms with Crippen LogP contribution in [-0.2, 0) is 19.1 Å². The SMILES string of the molecule is CCC(=O)O[C@H]1CC[C@@H](C)[C@@H]2[C@H](O)C(OC)=C(C)C(=O)[C@]21C. The predicted molar refractivity (Wildman–Crippen MR) is 80.9 cm³/mol. The van der Waals surface area contributed by atoms with Gasteiger partial charge in [0.05, 0.1) is 12.5 Å². The van der Waals surface area contributed by atoms with E-state index in [1.807, 2.05) is 13.8 Å². The third kappa shape index (κ3) is 2.35. The van der Waals surface area contributed by atoms with Crippen molar-refractivity contribution < 1.29 is 24.2 Å². The van der Waals surface area contributed by atoms with Gasteiger partial charge in [0, 0.05) is 17.9 Å². The van der Waals surface area contributed by atoms with Gasteiger partial charge in [0.15, 0.2) is 5.78 Å². The summed E-state index contributed by atoms with van der Waals surface area (Å²) >= 11 is 0. The quantitative estimate of drug-likeness (QED) is 0.809. The molecule has 0 heterocycles. The van der Waals surface area contributed by atoms with Crippen LogP contribution >= 0.6 is 0 Å². The van der Waals surface area contributed by atoms with Crippen molar-refractivity contribution in [1.29, 1.82) is 0 Å². The molecule has 2 aliphatic rings. The van der Waals surface area contributed by atoms with Crippen molar-refractivity contribution in [2.75, 3.05) is 7.11 Å². The number of aliphatic hydroxyl groups is 1. The molecule has 1 fully saturated rings. The second-order valence-corrected chi connectivity index (χ2v) is 6.66. The Bertz CT molecular complexity index is 509. The van der Waals surface area contributed by atoms with Gasteiger partial charge in [0.1, 0.15) is 18.0 Å². The van der Waals surface area contributed by atoms with Crippen LogP contribution in [-0.4, -0.2) is 36.2 Å². The van der Waals surface area contributed by atoms with Gasteiger partial charge in [-0.3, -0.25) is 9.59 Å². The number of aliphatic hydroxyl groups excluding tert-OH is 1. The average Bonchev–Trinajstić information content (AvgIpc) is 2.48. The molecule has 2 rings (SSSR count). The maximum absolute atomic E-state index is 13.0. The Balaban J connectivity index is 2.49. The molecule has 124 valence electrons. The van der Waals surface area contributed by atoms with E-state index in [1.54, 1.807) is 13.8 Å². The summed E-state index contributed by atoms with van der Waals surface area (Å²) < 4.78 is 10.8. The average molecular weight is 310 g/mol. The van der Waals surface area contributed by atoms with Crippen LogP contribution in [0.2, 0.25) is 0 Å². The van der Waals surface area contributed by atoms with E-state index in [0.29, 0.717) is 17.8 Å². The van der Waals surface area contributed by atoms with E-state index in [2.05, 4.69) is 0 Å². The molecule has 0 radical (unpaired) electrons. The van der Waals surface area contributed by atoms with Gasteiger partial charge in [-0.05, 0) is 32.6 Å². The highest BCUT2D eigenvalue weighted by molar-refractivity contribution is 6.01. The second-order valence-electron chi connectivity index (χ2n) is 6.66. The molecule has 0 aromatic rings. The molecule has 5 nitrogen and oxygen atoms in total. The maximum atomic E-state index is 13.0. The second kappa shape index (κ2) is 6.03. The zero-order chi connectivity index (χ0) is 16.7. The molecule has 2 aliphatic carbocycles. The van der Waals surface area contributed by atoms with Crippen LogP contribution in [0.1, 0.15) is 47.0 Å². The van der Waals surface area contributed by atoms with Gasteiger partial charge in [0.25, 0.3) is 0 Å². The minimum Gasteiger partial charge on any atom is -0.498 e. The number of carbonyl (C=O) groups excluding carboxylic acids is 2. The third-order valence-electron chi connectivity index (χ3n) is 5.45. The normalized spacial score (nSPS) is 38.5. The minimum atomic E-state index is -0.895. The molecule has 22 heavy (non-hydrogen) atoms. The Morgan fingerprint density at radius 1 is 1.41 bits per heavy atom. The van der Waals surface area contributed by atoms with Crippen LogP contribution in [0.4, 0.5) is 0 Å². The summed E-state index contributed by atoms with van der Waals surface area (Å²) in [5.74, 6) is -0.191. The standard InChI is InChI=1S/C17H26O5/c1-6-12(18)22-11-8-7-9(2)13-14(19)15(21-5)10(3)16(20)17(11,13)4/h9,11,13-14,19H,6-8H2,1-5H3/t9-,11+,13-,14+,17+/m1/s1. The van der Waals surface area contributed by atoms with E-state index in [1.165, 1.54) is 7.11 Å². The topological polar surface area (TPSA) is 72.8 Å². The molecule has 0 aromatic carbocycles. The smallest absolute Gasteiger partial charge is 0.305 e. The fourth-order valence-electron chi connectivity index (χ4n) is 4.23. The zero-order valence-corrected chi connectivity index (χ0v) is 14.0. The number of hydrogen-bond acceptors (Lipinski definition) is 5. The molecular formula is C17H26O5. The van der Waals surface area contributed by atoms with Crippen molar-refractivity contribution in [1.82, 2.24) is 0 Å². The monoisotopic (exact) mass is 310 g/mol. The number of methoxy groups -OCH3 is 1. The molecule has 0 saturated heterocycles. The molecule has 1 N–H and O–H groups in total. The highest BCUT2D eigenvalue weighted by Gasteiger charge is 2.60. The van der Waals surface area contributed by atoms with Gasteiger partial charge in [0.2, 0.25) is 0 Å². The first-order valence-corrected chi connectivity index (χ1v) is 7.96. The van der Waals surface area contributed by atoms with Gasteiger partial charge in [-0.1, -0.05) is 13.8 Å². The molecule has 1 saturated carbocycles. The van der Waals surface area contributed by atoms with Crippen LogP contribution in [0.15, 0.2) is 11.3 Å². The number of allylic oxidation sites excluding steroid dienone is 1. The van der Waals surface area contributed by atoms with Crippen molar-refractivity contribution in [3.05, 3.63) is 11.3 Å². The van der Waals surface area contributed by atoms with Crippen LogP contribution in [0, 0.1) is 17.3 Å². The summed E-state index contributed by atoms with van der Waals surface area (Å²) in [7, 11) is 1.47. The number of Topliss-reactive ketones (excluding diaryl/α,β-unsaturated/α-hetero) is 1. The fraction of sp³-hybridized carbons (Fsp3) is 0.765. The first-order valence-electron chi connectivity index (χ1n) is 7.96.